The number of benzene rings is 2. The zero-order chi connectivity index (χ0) is 51.2. The summed E-state index contributed by atoms with van der Waals surface area (Å²) in [6.07, 6.45) is 29.7. The van der Waals surface area contributed by atoms with Gasteiger partial charge in [0.15, 0.2) is 0 Å². The molecule has 1 N–H and O–H groups in total. The minimum absolute atomic E-state index is 0. The second-order valence-corrected chi connectivity index (χ2v) is 22.9. The molecule has 2 saturated heterocycles. The van der Waals surface area contributed by atoms with E-state index in [-0.39, 0.29) is 43.9 Å². The van der Waals surface area contributed by atoms with E-state index in [0.29, 0.717) is 24.9 Å². The van der Waals surface area contributed by atoms with Crippen LogP contribution < -0.4 is 5.32 Å². The van der Waals surface area contributed by atoms with Crippen molar-refractivity contribution in [2.45, 2.75) is 118 Å². The molecule has 2 aliphatic heterocycles. The van der Waals surface area contributed by atoms with Gasteiger partial charge in [0.25, 0.3) is 0 Å². The number of halogens is 3. The highest BCUT2D eigenvalue weighted by Gasteiger charge is 2.37. The lowest BCUT2D eigenvalue weighted by Crippen LogP contribution is -2.42. The van der Waals surface area contributed by atoms with Crippen molar-refractivity contribution in [3.05, 3.63) is 190 Å². The number of ether oxygens (including phenoxy) is 1. The van der Waals surface area contributed by atoms with Crippen LogP contribution in [0.5, 0.6) is 0 Å². The molecule has 74 heavy (non-hydrogen) atoms. The molecule has 4 aliphatic rings. The number of hydrogen-bond donors (Lipinski definition) is 1. The molecule has 10 rings (SSSR count). The van der Waals surface area contributed by atoms with Crippen LogP contribution in [0.15, 0.2) is 135 Å². The number of allylic oxidation sites excluding steroid dienone is 4. The molecule has 392 valence electrons. The van der Waals surface area contributed by atoms with E-state index in [1.807, 2.05) is 104 Å². The van der Waals surface area contributed by atoms with E-state index >= 15 is 0 Å². The zero-order valence-corrected chi connectivity index (χ0v) is 45.6. The van der Waals surface area contributed by atoms with Gasteiger partial charge >= 0.3 is 6.09 Å². The summed E-state index contributed by atoms with van der Waals surface area (Å²) in [6.45, 7) is 21.5. The summed E-state index contributed by atoms with van der Waals surface area (Å²) in [4.78, 5) is 32.3. The molecule has 13 heteroatoms. The smallest absolute Gasteiger partial charge is 0.410 e. The van der Waals surface area contributed by atoms with Crippen LogP contribution in [0.25, 0.3) is 22.2 Å². The maximum absolute atomic E-state index is 12.5. The van der Waals surface area contributed by atoms with Gasteiger partial charge in [0.1, 0.15) is 5.60 Å². The Morgan fingerprint density at radius 2 is 1.23 bits per heavy atom. The lowest BCUT2D eigenvalue weighted by atomic mass is 9.76. The van der Waals surface area contributed by atoms with Crippen molar-refractivity contribution >= 4 is 67.4 Å². The summed E-state index contributed by atoms with van der Waals surface area (Å²) in [5.74, 6) is 1.36. The van der Waals surface area contributed by atoms with Gasteiger partial charge in [-0.2, -0.15) is 0 Å². The summed E-state index contributed by atoms with van der Waals surface area (Å²) < 4.78 is 10.7. The third-order valence-electron chi connectivity index (χ3n) is 14.2. The van der Waals surface area contributed by atoms with Gasteiger partial charge in [-0.25, -0.2) is 14.8 Å². The van der Waals surface area contributed by atoms with Gasteiger partial charge in [-0.05, 0) is 175 Å². The highest BCUT2D eigenvalue weighted by atomic mass is 79.9. The number of amides is 1. The maximum Gasteiger partial charge on any atom is 0.410 e. The van der Waals surface area contributed by atoms with E-state index in [1.54, 1.807) is 12.5 Å². The van der Waals surface area contributed by atoms with Gasteiger partial charge in [0.05, 0.1) is 35.1 Å². The monoisotopic (exact) mass is 1100 g/mol. The fraction of sp³-hybridized carbons (Fsp3) is 0.393. The van der Waals surface area contributed by atoms with Crippen molar-refractivity contribution in [1.29, 1.82) is 0 Å². The van der Waals surface area contributed by atoms with Crippen LogP contribution >= 0.6 is 39.1 Å². The van der Waals surface area contributed by atoms with Crippen molar-refractivity contribution in [3.63, 3.8) is 0 Å². The lowest BCUT2D eigenvalue weighted by molar-refractivity contribution is 0.0178. The van der Waals surface area contributed by atoms with Crippen LogP contribution in [0.3, 0.4) is 0 Å². The van der Waals surface area contributed by atoms with Crippen LogP contribution in [-0.4, -0.2) is 71.8 Å². The van der Waals surface area contributed by atoms with E-state index in [0.717, 1.165) is 70.1 Å². The van der Waals surface area contributed by atoms with Crippen LogP contribution in [0.2, 0.25) is 10.0 Å². The molecule has 2 aromatic carbocycles. The Morgan fingerprint density at radius 1 is 0.716 bits per heavy atom. The number of nitrogens with one attached hydrogen (secondary N) is 1. The Hall–Kier alpha value is -5.59. The van der Waals surface area contributed by atoms with E-state index < -0.39 is 5.60 Å². The molecule has 0 saturated carbocycles. The molecular weight excluding hydrogens is 1030 g/mol. The molecule has 0 bridgehead atoms. The van der Waals surface area contributed by atoms with Gasteiger partial charge in [-0.15, -0.1) is 6.58 Å². The zero-order valence-electron chi connectivity index (χ0n) is 42.5. The third-order valence-corrected chi connectivity index (χ3v) is 15.3. The second kappa shape index (κ2) is 24.8. The topological polar surface area (TPSA) is 103 Å². The first-order valence-electron chi connectivity index (χ1n) is 25.0. The summed E-state index contributed by atoms with van der Waals surface area (Å²) in [5, 5.41) is 5.01. The molecule has 1 amide bonds. The van der Waals surface area contributed by atoms with E-state index in [9.17, 15) is 4.79 Å². The summed E-state index contributed by atoms with van der Waals surface area (Å²) >= 11 is 16.5. The predicted molar refractivity (Wildman–Crippen MR) is 312 cm³/mol. The Morgan fingerprint density at radius 3 is 1.76 bits per heavy atom. The molecule has 4 aromatic heterocycles. The lowest BCUT2D eigenvalue weighted by Gasteiger charge is -2.37. The average molecular weight is 1100 g/mol. The van der Waals surface area contributed by atoms with Crippen LogP contribution in [-0.2, 0) is 15.8 Å². The Bertz CT molecular complexity index is 2920. The number of aromatic nitrogens is 6. The first-order valence-corrected chi connectivity index (χ1v) is 26.5. The van der Waals surface area contributed by atoms with Crippen molar-refractivity contribution in [2.24, 2.45) is 11.8 Å². The third kappa shape index (κ3) is 13.6. The number of piperidine rings is 2. The minimum Gasteiger partial charge on any atom is -0.444 e. The van der Waals surface area contributed by atoms with E-state index in [1.165, 1.54) is 33.5 Å². The average Bonchev–Trinajstić information content (AvgIpc) is 4.09. The second-order valence-electron chi connectivity index (χ2n) is 21.1. The van der Waals surface area contributed by atoms with Gasteiger partial charge < -0.3 is 24.1 Å². The number of carbonyl (C=O) groups is 1. The first kappa shape index (κ1) is 57.7. The SMILES string of the molecule is C.C.C=CC(C)(C)n1ccnc1.CC(C)(/C=C/C1=Cc2cc(Cl)ccc2C(C2CCNCC2)c2ncccc21)n1ccnc1.CC(C)(C)OC(=O)N1CCC(C2c3ccc(Cl)cc3C=C(Br)c3cccnc32)CC1. The number of fused-ring (bicyclic) bond motifs is 4. The first-order chi connectivity index (χ1) is 34.4. The molecule has 2 atom stereocenters. The molecule has 2 fully saturated rings. The molecule has 6 aromatic rings. The highest BCUT2D eigenvalue weighted by Crippen LogP contribution is 2.47. The fourth-order valence-electron chi connectivity index (χ4n) is 10.1. The summed E-state index contributed by atoms with van der Waals surface area (Å²) in [7, 11) is 0. The predicted octanol–water partition coefficient (Wildman–Crippen LogP) is 15.7. The molecule has 2 unspecified atom stereocenters. The summed E-state index contributed by atoms with van der Waals surface area (Å²) in [6, 6.07) is 20.8. The fourth-order valence-corrected chi connectivity index (χ4v) is 11.1. The van der Waals surface area contributed by atoms with Gasteiger partial charge in [-0.1, -0.05) is 96.5 Å². The van der Waals surface area contributed by atoms with Crippen LogP contribution in [0.4, 0.5) is 4.79 Å². The maximum atomic E-state index is 12.5. The molecule has 6 heterocycles. The van der Waals surface area contributed by atoms with Crippen LogP contribution in [0, 0.1) is 11.8 Å². The Kier molecular flexibility index (Phi) is 19.4. The van der Waals surface area contributed by atoms with Gasteiger partial charge in [-0.3, -0.25) is 9.97 Å². The van der Waals surface area contributed by atoms with Crippen molar-refractivity contribution in [1.82, 2.24) is 39.3 Å². The number of imidazole rings is 2. The van der Waals surface area contributed by atoms with Gasteiger partial charge in [0.2, 0.25) is 0 Å². The number of nitrogens with zero attached hydrogens (tertiary/aromatic N) is 7. The Labute approximate surface area is 459 Å². The van der Waals surface area contributed by atoms with Crippen molar-refractivity contribution in [2.75, 3.05) is 26.2 Å². The number of pyridine rings is 2. The van der Waals surface area contributed by atoms with Crippen molar-refractivity contribution < 1.29 is 9.53 Å². The molecule has 10 nitrogen and oxygen atoms in total. The normalized spacial score (nSPS) is 17.8. The van der Waals surface area contributed by atoms with E-state index in [4.69, 9.17) is 37.9 Å². The van der Waals surface area contributed by atoms with Gasteiger partial charge in [0, 0.05) is 87.8 Å². The molecule has 2 aliphatic carbocycles. The highest BCUT2D eigenvalue weighted by molar-refractivity contribution is 9.15. The molecule has 0 spiro atoms. The van der Waals surface area contributed by atoms with Crippen molar-refractivity contribution in [3.8, 4) is 0 Å². The van der Waals surface area contributed by atoms with E-state index in [2.05, 4.69) is 125 Å². The molecular formula is C61H75BrCl2N8O2. The quantitative estimate of drug-likeness (QED) is 0.159. The largest absolute Gasteiger partial charge is 0.444 e. The van der Waals surface area contributed by atoms with Crippen LogP contribution in [0.1, 0.15) is 146 Å². The minimum atomic E-state index is -0.478. The molecule has 0 radical (unpaired) electrons. The number of carbonyl (C=O) groups excluding carboxylic acids is 1. The standard InChI is InChI=1S/C27H29ClN4.C24H26BrClN2O2.C8H12N2.2CH4/c1-27(2,32-15-14-30-18-32)10-7-20-16-21-17-22(28)5-6-23(21)25(19-8-12-29-13-9-19)26-24(20)4-3-11-31-26;1-24(2,3)30-23(29)28-11-8-15(9-12-28)21-18-7-6-17(26)13-16(18)14-20(25)19-5-4-10-27-22(19)21;1-4-8(2,3)10-6-5-9-7-10;;/h3-7,10-11,14-19,25,29H,8-9,12-13H2,1-2H3;4-7,10,13-15,21H,8-9,11-12H2,1-3H3;4-7H,1H2,2-3H3;2*1H4/b10-7+;;;;. The Balaban J connectivity index is 0.000000199. The summed E-state index contributed by atoms with van der Waals surface area (Å²) in [5.41, 5.74) is 9.94. The number of likely N-dealkylation sites (tertiary alicyclic amines) is 1. The number of hydrogen-bond acceptors (Lipinski definition) is 7. The number of rotatable bonds is 7.